The van der Waals surface area contributed by atoms with Crippen LogP contribution in [0.15, 0.2) is 11.6 Å². The van der Waals surface area contributed by atoms with Gasteiger partial charge in [0, 0.05) is 24.5 Å². The molecule has 1 aromatic rings. The summed E-state index contributed by atoms with van der Waals surface area (Å²) in [6.45, 7) is 13.2. The van der Waals surface area contributed by atoms with Gasteiger partial charge in [0.15, 0.2) is 0 Å². The molecule has 138 valence electrons. The van der Waals surface area contributed by atoms with Crippen molar-refractivity contribution in [3.8, 4) is 6.07 Å². The summed E-state index contributed by atoms with van der Waals surface area (Å²) in [7, 11) is 0. The molecule has 0 aliphatic heterocycles. The highest BCUT2D eigenvalue weighted by Gasteiger charge is 2.22. The summed E-state index contributed by atoms with van der Waals surface area (Å²) in [4.78, 5) is 12.4. The maximum absolute atomic E-state index is 12.4. The van der Waals surface area contributed by atoms with E-state index in [1.54, 1.807) is 13.0 Å². The van der Waals surface area contributed by atoms with Crippen LogP contribution in [0.5, 0.6) is 0 Å². The first-order valence-corrected chi connectivity index (χ1v) is 8.86. The lowest BCUT2D eigenvalue weighted by molar-refractivity contribution is -0.117. The van der Waals surface area contributed by atoms with E-state index in [4.69, 9.17) is 0 Å². The number of aliphatic hydroxyl groups excluding tert-OH is 1. The number of rotatable bonds is 8. The zero-order valence-corrected chi connectivity index (χ0v) is 16.3. The van der Waals surface area contributed by atoms with Gasteiger partial charge in [0.1, 0.15) is 11.6 Å². The molecule has 0 aliphatic rings. The van der Waals surface area contributed by atoms with Gasteiger partial charge in [-0.05, 0) is 56.7 Å². The van der Waals surface area contributed by atoms with E-state index in [0.717, 1.165) is 29.9 Å². The van der Waals surface area contributed by atoms with Crippen LogP contribution in [-0.4, -0.2) is 28.2 Å². The molecule has 0 saturated heterocycles. The van der Waals surface area contributed by atoms with Crippen LogP contribution < -0.4 is 5.32 Å². The molecule has 5 heteroatoms. The fraction of sp³-hybridized carbons (Fsp3) is 0.600. The van der Waals surface area contributed by atoms with Crippen LogP contribution in [0, 0.1) is 30.6 Å². The standard InChI is InChI=1S/C20H31N3O2/c1-7-8-23-14(2)9-17(16(23)4)10-18(12-21)19(25)22-13-20(5,6)11-15(3)24/h9-10,15,24H,7-8,11,13H2,1-6H3,(H,22,25)/b18-10-. The van der Waals surface area contributed by atoms with Crippen molar-refractivity contribution < 1.29 is 9.90 Å². The van der Waals surface area contributed by atoms with Crippen molar-refractivity contribution in [3.05, 3.63) is 28.6 Å². The highest BCUT2D eigenvalue weighted by Crippen LogP contribution is 2.22. The molecule has 1 heterocycles. The van der Waals surface area contributed by atoms with E-state index in [2.05, 4.69) is 16.8 Å². The number of aliphatic hydroxyl groups is 1. The average Bonchev–Trinajstić information content (AvgIpc) is 2.77. The van der Waals surface area contributed by atoms with Crippen molar-refractivity contribution in [1.29, 1.82) is 5.26 Å². The summed E-state index contributed by atoms with van der Waals surface area (Å²) in [6, 6.07) is 4.01. The molecule has 0 aromatic carbocycles. The van der Waals surface area contributed by atoms with E-state index >= 15 is 0 Å². The minimum absolute atomic E-state index is 0.101. The van der Waals surface area contributed by atoms with Gasteiger partial charge in [0.05, 0.1) is 6.10 Å². The lowest BCUT2D eigenvalue weighted by Gasteiger charge is -2.26. The topological polar surface area (TPSA) is 78.0 Å². The molecular weight excluding hydrogens is 314 g/mol. The lowest BCUT2D eigenvalue weighted by atomic mass is 9.87. The van der Waals surface area contributed by atoms with Crippen molar-refractivity contribution in [3.63, 3.8) is 0 Å². The van der Waals surface area contributed by atoms with E-state index in [-0.39, 0.29) is 16.9 Å². The second-order valence-corrected chi connectivity index (χ2v) is 7.55. The van der Waals surface area contributed by atoms with Crippen LogP contribution in [0.25, 0.3) is 6.08 Å². The first-order chi connectivity index (χ1) is 11.6. The van der Waals surface area contributed by atoms with E-state index in [1.165, 1.54) is 0 Å². The van der Waals surface area contributed by atoms with Crippen LogP contribution in [0.2, 0.25) is 0 Å². The summed E-state index contributed by atoms with van der Waals surface area (Å²) in [6.07, 6.45) is 2.84. The third-order valence-electron chi connectivity index (χ3n) is 4.30. The monoisotopic (exact) mass is 345 g/mol. The molecule has 2 N–H and O–H groups in total. The Bertz CT molecular complexity index is 676. The Labute approximate surface area is 151 Å². The molecular formula is C20H31N3O2. The third-order valence-corrected chi connectivity index (χ3v) is 4.30. The number of aromatic nitrogens is 1. The predicted molar refractivity (Wildman–Crippen MR) is 101 cm³/mol. The molecule has 0 aliphatic carbocycles. The van der Waals surface area contributed by atoms with Crippen LogP contribution in [0.4, 0.5) is 0 Å². The Morgan fingerprint density at radius 2 is 2.12 bits per heavy atom. The first-order valence-electron chi connectivity index (χ1n) is 8.86. The van der Waals surface area contributed by atoms with Gasteiger partial charge in [-0.15, -0.1) is 0 Å². The predicted octanol–water partition coefficient (Wildman–Crippen LogP) is 3.34. The molecule has 25 heavy (non-hydrogen) atoms. The Hall–Kier alpha value is -2.06. The van der Waals surface area contributed by atoms with Gasteiger partial charge in [-0.25, -0.2) is 0 Å². The number of hydrogen-bond acceptors (Lipinski definition) is 3. The van der Waals surface area contributed by atoms with Gasteiger partial charge in [-0.2, -0.15) is 5.26 Å². The number of aryl methyl sites for hydroxylation is 1. The number of hydrogen-bond donors (Lipinski definition) is 2. The largest absolute Gasteiger partial charge is 0.393 e. The maximum Gasteiger partial charge on any atom is 0.261 e. The zero-order chi connectivity index (χ0) is 19.2. The molecule has 0 radical (unpaired) electrons. The average molecular weight is 345 g/mol. The Kier molecular flexibility index (Phi) is 7.44. The van der Waals surface area contributed by atoms with Gasteiger partial charge in [-0.3, -0.25) is 4.79 Å². The number of nitrogens with one attached hydrogen (secondary N) is 1. The molecule has 1 unspecified atom stereocenters. The molecule has 5 nitrogen and oxygen atoms in total. The van der Waals surface area contributed by atoms with Gasteiger partial charge in [0.25, 0.3) is 5.91 Å². The SMILES string of the molecule is CCCn1c(C)cc(/C=C(/C#N)C(=O)NCC(C)(C)CC(C)O)c1C. The van der Waals surface area contributed by atoms with E-state index in [9.17, 15) is 15.2 Å². The second-order valence-electron chi connectivity index (χ2n) is 7.55. The number of nitrogens with zero attached hydrogens (tertiary/aromatic N) is 2. The highest BCUT2D eigenvalue weighted by atomic mass is 16.3. The first kappa shape index (κ1) is 21.0. The number of amides is 1. The van der Waals surface area contributed by atoms with Gasteiger partial charge >= 0.3 is 0 Å². The normalized spacial score (nSPS) is 13.4. The quantitative estimate of drug-likeness (QED) is 0.560. The van der Waals surface area contributed by atoms with Crippen LogP contribution in [0.3, 0.4) is 0 Å². The lowest BCUT2D eigenvalue weighted by Crippen LogP contribution is -2.36. The van der Waals surface area contributed by atoms with Gasteiger partial charge in [-0.1, -0.05) is 20.8 Å². The van der Waals surface area contributed by atoms with Crippen LogP contribution in [-0.2, 0) is 11.3 Å². The molecule has 0 spiro atoms. The van der Waals surface area contributed by atoms with Gasteiger partial charge < -0.3 is 15.0 Å². The molecule has 0 saturated carbocycles. The molecule has 0 fully saturated rings. The van der Waals surface area contributed by atoms with E-state index in [0.29, 0.717) is 13.0 Å². The fourth-order valence-electron chi connectivity index (χ4n) is 3.13. The number of carbonyl (C=O) groups excluding carboxylic acids is 1. The Morgan fingerprint density at radius 1 is 1.48 bits per heavy atom. The zero-order valence-electron chi connectivity index (χ0n) is 16.3. The minimum atomic E-state index is -0.429. The van der Waals surface area contributed by atoms with Crippen molar-refractivity contribution in [2.45, 2.75) is 67.0 Å². The molecule has 1 amide bonds. The van der Waals surface area contributed by atoms with E-state index in [1.807, 2.05) is 39.8 Å². The highest BCUT2D eigenvalue weighted by molar-refractivity contribution is 6.01. The third kappa shape index (κ3) is 6.06. The Morgan fingerprint density at radius 3 is 2.64 bits per heavy atom. The summed E-state index contributed by atoms with van der Waals surface area (Å²) in [5, 5.41) is 21.7. The van der Waals surface area contributed by atoms with E-state index < -0.39 is 6.10 Å². The van der Waals surface area contributed by atoms with Crippen molar-refractivity contribution in [1.82, 2.24) is 9.88 Å². The maximum atomic E-state index is 12.4. The van der Waals surface area contributed by atoms with Crippen molar-refractivity contribution >= 4 is 12.0 Å². The molecule has 1 rings (SSSR count). The summed E-state index contributed by atoms with van der Waals surface area (Å²) < 4.78 is 2.20. The summed E-state index contributed by atoms with van der Waals surface area (Å²) in [5.74, 6) is -0.374. The van der Waals surface area contributed by atoms with Crippen LogP contribution >= 0.6 is 0 Å². The second kappa shape index (κ2) is 8.87. The summed E-state index contributed by atoms with van der Waals surface area (Å²) in [5.41, 5.74) is 2.96. The van der Waals surface area contributed by atoms with Gasteiger partial charge in [0.2, 0.25) is 0 Å². The summed E-state index contributed by atoms with van der Waals surface area (Å²) >= 11 is 0. The minimum Gasteiger partial charge on any atom is -0.393 e. The molecule has 1 aromatic heterocycles. The molecule has 0 bridgehead atoms. The van der Waals surface area contributed by atoms with Crippen LogP contribution in [0.1, 0.15) is 57.5 Å². The fourth-order valence-corrected chi connectivity index (χ4v) is 3.13. The van der Waals surface area contributed by atoms with Crippen molar-refractivity contribution in [2.24, 2.45) is 5.41 Å². The number of nitriles is 1. The smallest absolute Gasteiger partial charge is 0.261 e. The molecule has 1 atom stereocenters. The Balaban J connectivity index is 2.92. The number of carbonyl (C=O) groups is 1. The van der Waals surface area contributed by atoms with Crippen molar-refractivity contribution in [2.75, 3.05) is 6.54 Å².